The fourth-order valence-corrected chi connectivity index (χ4v) is 4.57. The molecule has 0 saturated carbocycles. The number of imide groups is 1. The van der Waals surface area contributed by atoms with Gasteiger partial charge >= 0.3 is 0 Å². The number of likely N-dealkylation sites (tertiary alicyclic amines) is 1. The van der Waals surface area contributed by atoms with E-state index in [1.165, 1.54) is 4.90 Å². The summed E-state index contributed by atoms with van der Waals surface area (Å²) in [4.78, 5) is 42.4. The number of carbonyl (C=O) groups excluding carboxylic acids is 3. The van der Waals surface area contributed by atoms with Crippen LogP contribution in [0.2, 0.25) is 0 Å². The third-order valence-corrected chi connectivity index (χ3v) is 6.09. The lowest BCUT2D eigenvalue weighted by Gasteiger charge is -2.24. The molecule has 5 heteroatoms. The summed E-state index contributed by atoms with van der Waals surface area (Å²) in [6.45, 7) is 3.49. The van der Waals surface area contributed by atoms with Crippen molar-refractivity contribution in [1.29, 1.82) is 0 Å². The molecule has 4 rings (SSSR count). The number of allylic oxidation sites excluding steroid dienone is 2. The lowest BCUT2D eigenvalue weighted by Crippen LogP contribution is -2.36. The summed E-state index contributed by atoms with van der Waals surface area (Å²) in [5, 5.41) is 0. The molecule has 0 N–H and O–H groups in total. The monoisotopic (exact) mass is 366 g/mol. The number of benzene rings is 1. The summed E-state index contributed by atoms with van der Waals surface area (Å²) in [6, 6.07) is 7.08. The summed E-state index contributed by atoms with van der Waals surface area (Å²) in [5.74, 6) is -0.970. The van der Waals surface area contributed by atoms with Gasteiger partial charge in [-0.05, 0) is 44.7 Å². The van der Waals surface area contributed by atoms with Gasteiger partial charge in [0.05, 0.1) is 23.1 Å². The number of para-hydroxylation sites is 1. The van der Waals surface area contributed by atoms with Crippen molar-refractivity contribution in [2.24, 2.45) is 11.8 Å². The maximum absolute atomic E-state index is 13.2. The van der Waals surface area contributed by atoms with E-state index in [9.17, 15) is 14.4 Å². The van der Waals surface area contributed by atoms with Crippen LogP contribution >= 0.6 is 0 Å². The van der Waals surface area contributed by atoms with E-state index in [4.69, 9.17) is 0 Å². The highest BCUT2D eigenvalue weighted by Crippen LogP contribution is 2.40. The Balaban J connectivity index is 1.66. The van der Waals surface area contributed by atoms with E-state index in [2.05, 4.69) is 6.08 Å². The molecule has 0 spiro atoms. The number of hydrogen-bond acceptors (Lipinski definition) is 3. The predicted molar refractivity (Wildman–Crippen MR) is 103 cm³/mol. The van der Waals surface area contributed by atoms with Crippen molar-refractivity contribution in [3.8, 4) is 0 Å². The van der Waals surface area contributed by atoms with Gasteiger partial charge in [-0.15, -0.1) is 0 Å². The number of fused-ring (bicyclic) bond motifs is 1. The van der Waals surface area contributed by atoms with Gasteiger partial charge in [0, 0.05) is 13.1 Å². The first-order chi connectivity index (χ1) is 13.1. The molecule has 2 fully saturated rings. The number of anilines is 1. The van der Waals surface area contributed by atoms with Crippen LogP contribution in [0, 0.1) is 11.8 Å². The quantitative estimate of drug-likeness (QED) is 0.594. The molecule has 0 unspecified atom stereocenters. The average Bonchev–Trinajstić information content (AvgIpc) is 2.87. The van der Waals surface area contributed by atoms with Gasteiger partial charge in [-0.3, -0.25) is 14.4 Å². The van der Waals surface area contributed by atoms with Gasteiger partial charge in [0.25, 0.3) is 5.91 Å². The van der Waals surface area contributed by atoms with Crippen LogP contribution in [0.4, 0.5) is 5.69 Å². The van der Waals surface area contributed by atoms with E-state index >= 15 is 0 Å². The van der Waals surface area contributed by atoms with Crippen LogP contribution in [0.5, 0.6) is 0 Å². The van der Waals surface area contributed by atoms with E-state index < -0.39 is 0 Å². The second-order valence-corrected chi connectivity index (χ2v) is 7.94. The van der Waals surface area contributed by atoms with Gasteiger partial charge in [-0.1, -0.05) is 36.6 Å². The van der Waals surface area contributed by atoms with Crippen molar-refractivity contribution in [3.63, 3.8) is 0 Å². The first kappa shape index (κ1) is 18.0. The molecule has 0 bridgehead atoms. The Morgan fingerprint density at radius 1 is 0.963 bits per heavy atom. The molecule has 2 heterocycles. The summed E-state index contributed by atoms with van der Waals surface area (Å²) in [7, 11) is 0. The van der Waals surface area contributed by atoms with Crippen molar-refractivity contribution in [2.75, 3.05) is 18.0 Å². The van der Waals surface area contributed by atoms with Gasteiger partial charge in [0.15, 0.2) is 0 Å². The molecule has 1 aromatic carbocycles. The summed E-state index contributed by atoms with van der Waals surface area (Å²) < 4.78 is 0. The van der Waals surface area contributed by atoms with Crippen LogP contribution in [0.1, 0.15) is 55.8 Å². The highest BCUT2D eigenvalue weighted by molar-refractivity contribution is 6.24. The molecule has 0 aromatic heterocycles. The summed E-state index contributed by atoms with van der Waals surface area (Å²) in [6.07, 6.45) is 7.60. The Labute approximate surface area is 160 Å². The SMILES string of the molecule is CC1=CC[C@H]2C(=O)N(c3ccccc3C(=O)N3CCCCCC3)C(=O)[C@@H]2C1. The number of hydrogen-bond donors (Lipinski definition) is 0. The second kappa shape index (κ2) is 7.29. The Bertz CT molecular complexity index is 806. The maximum Gasteiger partial charge on any atom is 0.255 e. The van der Waals surface area contributed by atoms with Crippen molar-refractivity contribution in [1.82, 2.24) is 4.90 Å². The van der Waals surface area contributed by atoms with E-state index in [1.807, 2.05) is 11.8 Å². The highest BCUT2D eigenvalue weighted by Gasteiger charge is 2.49. The summed E-state index contributed by atoms with van der Waals surface area (Å²) >= 11 is 0. The van der Waals surface area contributed by atoms with E-state index in [1.54, 1.807) is 24.3 Å². The van der Waals surface area contributed by atoms with Crippen LogP contribution in [0.3, 0.4) is 0 Å². The molecular formula is C22H26N2O3. The smallest absolute Gasteiger partial charge is 0.255 e. The molecule has 2 saturated heterocycles. The molecule has 0 radical (unpaired) electrons. The Kier molecular flexibility index (Phi) is 4.85. The van der Waals surface area contributed by atoms with Crippen LogP contribution < -0.4 is 4.90 Å². The van der Waals surface area contributed by atoms with Crippen LogP contribution in [-0.4, -0.2) is 35.7 Å². The molecule has 2 atom stereocenters. The molecule has 5 nitrogen and oxygen atoms in total. The lowest BCUT2D eigenvalue weighted by molar-refractivity contribution is -0.122. The first-order valence-electron chi connectivity index (χ1n) is 9.99. The normalized spacial score (nSPS) is 25.9. The topological polar surface area (TPSA) is 57.7 Å². The Morgan fingerprint density at radius 3 is 2.37 bits per heavy atom. The molecule has 1 aromatic rings. The largest absolute Gasteiger partial charge is 0.339 e. The molecule has 1 aliphatic carbocycles. The van der Waals surface area contributed by atoms with E-state index in [-0.39, 0.29) is 29.6 Å². The van der Waals surface area contributed by atoms with Gasteiger partial charge in [-0.2, -0.15) is 0 Å². The average molecular weight is 366 g/mol. The maximum atomic E-state index is 13.2. The third-order valence-electron chi connectivity index (χ3n) is 6.09. The predicted octanol–water partition coefficient (Wildman–Crippen LogP) is 3.55. The van der Waals surface area contributed by atoms with Crippen molar-refractivity contribution < 1.29 is 14.4 Å². The molecular weight excluding hydrogens is 340 g/mol. The zero-order chi connectivity index (χ0) is 19.0. The summed E-state index contributed by atoms with van der Waals surface area (Å²) in [5.41, 5.74) is 2.08. The van der Waals surface area contributed by atoms with Gasteiger partial charge < -0.3 is 4.90 Å². The Hall–Kier alpha value is -2.43. The minimum absolute atomic E-state index is 0.0720. The molecule has 3 aliphatic rings. The van der Waals surface area contributed by atoms with Crippen molar-refractivity contribution in [3.05, 3.63) is 41.5 Å². The second-order valence-electron chi connectivity index (χ2n) is 7.94. The number of nitrogens with zero attached hydrogens (tertiary/aromatic N) is 2. The zero-order valence-corrected chi connectivity index (χ0v) is 15.8. The highest BCUT2D eigenvalue weighted by atomic mass is 16.2. The van der Waals surface area contributed by atoms with Crippen LogP contribution in [-0.2, 0) is 9.59 Å². The minimum atomic E-state index is -0.289. The number of carbonyl (C=O) groups is 3. The first-order valence-corrected chi connectivity index (χ1v) is 9.99. The van der Waals surface area contributed by atoms with E-state index in [0.717, 1.165) is 44.3 Å². The number of amides is 3. The lowest BCUT2D eigenvalue weighted by atomic mass is 9.82. The minimum Gasteiger partial charge on any atom is -0.339 e. The van der Waals surface area contributed by atoms with Gasteiger partial charge in [-0.25, -0.2) is 4.90 Å². The molecule has 142 valence electrons. The van der Waals surface area contributed by atoms with Crippen LogP contribution in [0.25, 0.3) is 0 Å². The van der Waals surface area contributed by atoms with Gasteiger partial charge in [0.2, 0.25) is 11.8 Å². The Morgan fingerprint density at radius 2 is 1.63 bits per heavy atom. The number of rotatable bonds is 2. The third kappa shape index (κ3) is 3.20. The van der Waals surface area contributed by atoms with Crippen LogP contribution in [0.15, 0.2) is 35.9 Å². The fraction of sp³-hybridized carbons (Fsp3) is 0.500. The fourth-order valence-electron chi connectivity index (χ4n) is 4.57. The zero-order valence-electron chi connectivity index (χ0n) is 15.8. The van der Waals surface area contributed by atoms with Gasteiger partial charge in [0.1, 0.15) is 0 Å². The standard InChI is InChI=1S/C22H26N2O3/c1-15-10-11-16-18(14-15)22(27)24(21(16)26)19-9-5-4-8-17(19)20(25)23-12-6-2-3-7-13-23/h4-5,8-10,16,18H,2-3,6-7,11-14H2,1H3/t16-,18-/m1/s1. The molecule has 2 aliphatic heterocycles. The molecule has 3 amide bonds. The molecule has 27 heavy (non-hydrogen) atoms. The van der Waals surface area contributed by atoms with Crippen molar-refractivity contribution >= 4 is 23.4 Å². The van der Waals surface area contributed by atoms with E-state index in [0.29, 0.717) is 24.1 Å². The van der Waals surface area contributed by atoms with Crippen molar-refractivity contribution in [2.45, 2.75) is 45.4 Å².